The predicted molar refractivity (Wildman–Crippen MR) is 306 cm³/mol. The lowest BCUT2D eigenvalue weighted by atomic mass is 9.93. The summed E-state index contributed by atoms with van der Waals surface area (Å²) in [5, 5.41) is 39.3. The summed E-state index contributed by atoms with van der Waals surface area (Å²) in [6.45, 7) is 14.1. The summed E-state index contributed by atoms with van der Waals surface area (Å²) in [7, 11) is 2.13. The number of hydrogen-bond donors (Lipinski definition) is 4. The number of aromatic hydroxyl groups is 2. The Morgan fingerprint density at radius 1 is 0.875 bits per heavy atom. The number of halogens is 2. The van der Waals surface area contributed by atoms with Crippen molar-refractivity contribution in [3.63, 3.8) is 0 Å². The van der Waals surface area contributed by atoms with Crippen LogP contribution in [0.1, 0.15) is 80.5 Å². The number of piperidine rings is 1. The Balaban J connectivity index is 0.656. The number of ether oxygens (including phenoxy) is 1. The molecule has 2 unspecified atom stereocenters. The van der Waals surface area contributed by atoms with Gasteiger partial charge in [-0.25, -0.2) is 4.39 Å². The number of likely N-dealkylation sites (N-methyl/N-ethyl adjacent to an activating group) is 1. The fourth-order valence-electron chi connectivity index (χ4n) is 12.9. The van der Waals surface area contributed by atoms with Crippen molar-refractivity contribution in [3.8, 4) is 45.8 Å². The maximum absolute atomic E-state index is 17.1. The van der Waals surface area contributed by atoms with E-state index in [-0.39, 0.29) is 64.2 Å². The number of anilines is 1. The Kier molecular flexibility index (Phi) is 15.1. The molecular formula is C60H69ClFN13O5. The second-order valence-electron chi connectivity index (χ2n) is 22.7. The normalized spacial score (nSPS) is 21.3. The molecule has 5 aliphatic heterocycles. The van der Waals surface area contributed by atoms with E-state index in [0.29, 0.717) is 89.5 Å². The number of benzene rings is 4. The molecule has 18 nitrogen and oxygen atoms in total. The standard InChI is InChI=1S/C60H69ClFN13O5/c1-5-63-58(78)57-69-68-56(46-27-45(35(2)3)49(76)28-50(46)77)75(57)41-16-12-36(13-17-41)30-71-22-24-73(25-23-71)59(79)38-18-20-72(21-19-38)42-26-43(70(4)33-42)34-80-60-66-54-47(55(67-60)74-31-39-14-15-40(32-74)65-39)29-64-53(52(54)62)44-10-6-8-37-9-7-11-48(61)51(37)44/h6-13,16-17,27-29,35,38-40,42-43,65,76-77H,5,14-15,18-26,30-34H2,1-4H3,(H,63,78)/t39?,40?,42-,43-/m0/s1. The Bertz CT molecular complexity index is 3440. The van der Waals surface area contributed by atoms with Gasteiger partial charge in [0.05, 0.1) is 10.9 Å². The summed E-state index contributed by atoms with van der Waals surface area (Å²) in [4.78, 5) is 53.2. The van der Waals surface area contributed by atoms with Crippen molar-refractivity contribution < 1.29 is 28.9 Å². The number of nitrogens with zero attached hydrogens (tertiary/aromatic N) is 11. The van der Waals surface area contributed by atoms with Crippen molar-refractivity contribution >= 4 is 50.9 Å². The SMILES string of the molecule is CCNC(=O)c1nnc(-c2cc(C(C)C)c(O)cc2O)n1-c1ccc(CN2CCN(C(=O)C3CCN([C@H]4C[C@@H](COc5nc(N6CC7CCC(C6)N7)c6cnc(-c7cccc8cccc(Cl)c78)c(F)c6n5)N(C)C4)CC3)CC2)cc1. The van der Waals surface area contributed by atoms with Gasteiger partial charge in [-0.1, -0.05) is 67.9 Å². The van der Waals surface area contributed by atoms with E-state index in [1.807, 2.05) is 86.3 Å². The van der Waals surface area contributed by atoms with Gasteiger partial charge in [0.1, 0.15) is 35.1 Å². The first-order chi connectivity index (χ1) is 38.8. The van der Waals surface area contributed by atoms with E-state index in [4.69, 9.17) is 31.3 Å². The highest BCUT2D eigenvalue weighted by Gasteiger charge is 2.39. The third-order valence-electron chi connectivity index (χ3n) is 17.2. The summed E-state index contributed by atoms with van der Waals surface area (Å²) in [6.07, 6.45) is 6.42. The number of piperazine rings is 2. The highest BCUT2D eigenvalue weighted by molar-refractivity contribution is 6.36. The summed E-state index contributed by atoms with van der Waals surface area (Å²) in [5.41, 5.74) is 3.69. The molecule has 0 spiro atoms. The van der Waals surface area contributed by atoms with E-state index in [0.717, 1.165) is 94.3 Å². The number of likely N-dealkylation sites (tertiary alicyclic amines) is 2. The van der Waals surface area contributed by atoms with E-state index >= 15 is 4.39 Å². The van der Waals surface area contributed by atoms with Crippen LogP contribution in [0.2, 0.25) is 5.02 Å². The number of aromatic nitrogens is 6. The van der Waals surface area contributed by atoms with E-state index in [2.05, 4.69) is 47.5 Å². The maximum Gasteiger partial charge on any atom is 0.319 e. The zero-order chi connectivity index (χ0) is 55.3. The van der Waals surface area contributed by atoms with Crippen molar-refractivity contribution in [1.29, 1.82) is 0 Å². The number of hydrogen-bond acceptors (Lipinski definition) is 15. The van der Waals surface area contributed by atoms with Crippen LogP contribution in [0.25, 0.3) is 50.0 Å². The molecule has 4 atom stereocenters. The third kappa shape index (κ3) is 10.5. The summed E-state index contributed by atoms with van der Waals surface area (Å²) in [6, 6.07) is 23.5. The van der Waals surface area contributed by atoms with Gasteiger partial charge in [0, 0.05) is 123 Å². The first kappa shape index (κ1) is 53.6. The predicted octanol–water partition coefficient (Wildman–Crippen LogP) is 7.62. The molecule has 418 valence electrons. The molecule has 5 saturated heterocycles. The number of phenols is 2. The average Bonchev–Trinajstić information content (AvgIpc) is 4.33. The van der Waals surface area contributed by atoms with Crippen molar-refractivity contribution in [2.24, 2.45) is 5.92 Å². The molecule has 4 aromatic carbocycles. The molecule has 2 amide bonds. The molecule has 5 fully saturated rings. The molecule has 3 aromatic heterocycles. The Morgan fingerprint density at radius 3 is 2.34 bits per heavy atom. The van der Waals surface area contributed by atoms with E-state index in [1.165, 1.54) is 6.07 Å². The zero-order valence-corrected chi connectivity index (χ0v) is 46.5. The molecular weight excluding hydrogens is 1040 g/mol. The number of phenolic OH excluding ortho intramolecular Hbond substituents is 2. The van der Waals surface area contributed by atoms with Gasteiger partial charge in [0.25, 0.3) is 5.91 Å². The minimum atomic E-state index is -0.532. The molecule has 20 heteroatoms. The Hall–Kier alpha value is -7.03. The van der Waals surface area contributed by atoms with Crippen molar-refractivity contribution in [2.45, 2.75) is 89.5 Å². The van der Waals surface area contributed by atoms with Gasteiger partial charge in [-0.2, -0.15) is 9.97 Å². The van der Waals surface area contributed by atoms with Gasteiger partial charge in [0.2, 0.25) is 11.7 Å². The van der Waals surface area contributed by atoms with Crippen LogP contribution >= 0.6 is 11.6 Å². The molecule has 4 N–H and O–H groups in total. The van der Waals surface area contributed by atoms with Gasteiger partial charge in [0.15, 0.2) is 11.6 Å². The van der Waals surface area contributed by atoms with Crippen LogP contribution in [0.15, 0.2) is 79.0 Å². The van der Waals surface area contributed by atoms with Crippen molar-refractivity contribution in [3.05, 3.63) is 107 Å². The third-order valence-corrected chi connectivity index (χ3v) is 17.5. The monoisotopic (exact) mass is 1110 g/mol. The van der Waals surface area contributed by atoms with E-state index < -0.39 is 11.7 Å². The molecule has 0 saturated carbocycles. The topological polar surface area (TPSA) is 193 Å². The number of pyridine rings is 1. The number of amides is 2. The molecule has 8 heterocycles. The molecule has 7 aromatic rings. The van der Waals surface area contributed by atoms with Crippen LogP contribution in [0.3, 0.4) is 0 Å². The summed E-state index contributed by atoms with van der Waals surface area (Å²) in [5.74, 6) is 0.114. The fourth-order valence-corrected chi connectivity index (χ4v) is 13.2. The number of carbonyl (C=O) groups is 2. The lowest BCUT2D eigenvalue weighted by Gasteiger charge is -2.39. The average molecular weight is 1110 g/mol. The second kappa shape index (κ2) is 22.5. The minimum absolute atomic E-state index is 0.00486. The van der Waals surface area contributed by atoms with Gasteiger partial charge >= 0.3 is 6.01 Å². The summed E-state index contributed by atoms with van der Waals surface area (Å²) < 4.78 is 25.2. The first-order valence-corrected chi connectivity index (χ1v) is 28.7. The molecule has 0 aliphatic carbocycles. The van der Waals surface area contributed by atoms with Crippen LogP contribution in [0.4, 0.5) is 10.2 Å². The number of rotatable bonds is 14. The fraction of sp³-hybridized carbons (Fsp3) is 0.450. The van der Waals surface area contributed by atoms with Gasteiger partial charge in [-0.3, -0.25) is 33.8 Å². The highest BCUT2D eigenvalue weighted by Crippen LogP contribution is 2.41. The lowest BCUT2D eigenvalue weighted by molar-refractivity contribution is -0.139. The second-order valence-corrected chi connectivity index (χ2v) is 23.1. The molecule has 2 bridgehead atoms. The lowest BCUT2D eigenvalue weighted by Crippen LogP contribution is -2.52. The largest absolute Gasteiger partial charge is 0.508 e. The van der Waals surface area contributed by atoms with Crippen LogP contribution in [-0.4, -0.2) is 175 Å². The van der Waals surface area contributed by atoms with Crippen LogP contribution < -0.4 is 20.3 Å². The minimum Gasteiger partial charge on any atom is -0.508 e. The van der Waals surface area contributed by atoms with Crippen LogP contribution in [0.5, 0.6) is 17.5 Å². The van der Waals surface area contributed by atoms with Crippen molar-refractivity contribution in [2.75, 3.05) is 84.0 Å². The quantitative estimate of drug-likeness (QED) is 0.0831. The smallest absolute Gasteiger partial charge is 0.319 e. The van der Waals surface area contributed by atoms with Crippen LogP contribution in [-0.2, 0) is 11.3 Å². The first-order valence-electron chi connectivity index (χ1n) is 28.3. The molecule has 80 heavy (non-hydrogen) atoms. The maximum atomic E-state index is 17.1. The number of carbonyl (C=O) groups excluding carboxylic acids is 2. The number of nitrogens with one attached hydrogen (secondary N) is 2. The van der Waals surface area contributed by atoms with E-state index in [1.54, 1.807) is 16.8 Å². The number of fused-ring (bicyclic) bond motifs is 4. The van der Waals surface area contributed by atoms with Gasteiger partial charge in [-0.15, -0.1) is 10.2 Å². The summed E-state index contributed by atoms with van der Waals surface area (Å²) >= 11 is 6.71. The zero-order valence-electron chi connectivity index (χ0n) is 45.8. The highest BCUT2D eigenvalue weighted by atomic mass is 35.5. The van der Waals surface area contributed by atoms with Crippen LogP contribution in [0, 0.1) is 11.7 Å². The molecule has 5 aliphatic rings. The van der Waals surface area contributed by atoms with E-state index in [9.17, 15) is 19.8 Å². The van der Waals surface area contributed by atoms with Crippen molar-refractivity contribution in [1.82, 2.24) is 59.9 Å². The Labute approximate surface area is 469 Å². The van der Waals surface area contributed by atoms with Gasteiger partial charge in [-0.05, 0) is 106 Å². The molecule has 0 radical (unpaired) electrons. The Morgan fingerprint density at radius 2 is 1.61 bits per heavy atom. The molecule has 12 rings (SSSR count). The van der Waals surface area contributed by atoms with Gasteiger partial charge < -0.3 is 35.4 Å².